The summed E-state index contributed by atoms with van der Waals surface area (Å²) in [6.45, 7) is 1.93. The molecular weight excluding hydrogens is 440 g/mol. The van der Waals surface area contributed by atoms with Gasteiger partial charge in [-0.2, -0.15) is 5.10 Å². The Labute approximate surface area is 202 Å². The molecule has 0 spiro atoms. The van der Waals surface area contributed by atoms with Crippen molar-refractivity contribution in [2.24, 2.45) is 0 Å². The van der Waals surface area contributed by atoms with Crippen molar-refractivity contribution >= 4 is 28.6 Å². The fourth-order valence-electron chi connectivity index (χ4n) is 3.89. The van der Waals surface area contributed by atoms with Crippen molar-refractivity contribution in [3.05, 3.63) is 108 Å². The van der Waals surface area contributed by atoms with Gasteiger partial charge in [-0.1, -0.05) is 66.7 Å². The minimum absolute atomic E-state index is 0.172. The number of amides is 1. The lowest BCUT2D eigenvalue weighted by molar-refractivity contribution is 0.0527. The van der Waals surface area contributed by atoms with Crippen molar-refractivity contribution in [3.63, 3.8) is 0 Å². The average Bonchev–Trinajstić information content (AvgIpc) is 3.32. The van der Waals surface area contributed by atoms with E-state index in [-0.39, 0.29) is 23.9 Å². The average molecular weight is 463 g/mol. The van der Waals surface area contributed by atoms with Crippen molar-refractivity contribution < 1.29 is 14.3 Å². The SMILES string of the molecule is CCOC(=O)c1cnn(-c2ccccc2)c1NC(=O)c1cc(-c2ccccc2)nc2ccccc12. The molecule has 0 aliphatic heterocycles. The second-order valence-corrected chi connectivity index (χ2v) is 7.77. The van der Waals surface area contributed by atoms with Crippen molar-refractivity contribution in [3.8, 4) is 16.9 Å². The smallest absolute Gasteiger partial charge is 0.343 e. The molecule has 2 aromatic heterocycles. The van der Waals surface area contributed by atoms with E-state index in [4.69, 9.17) is 9.72 Å². The number of hydrogen-bond acceptors (Lipinski definition) is 5. The van der Waals surface area contributed by atoms with Crippen LogP contribution in [0.1, 0.15) is 27.6 Å². The van der Waals surface area contributed by atoms with Gasteiger partial charge < -0.3 is 10.1 Å². The minimum Gasteiger partial charge on any atom is -0.462 e. The molecule has 0 fully saturated rings. The first-order valence-corrected chi connectivity index (χ1v) is 11.2. The van der Waals surface area contributed by atoms with Crippen LogP contribution in [0.5, 0.6) is 0 Å². The third-order valence-electron chi connectivity index (χ3n) is 5.53. The maximum Gasteiger partial charge on any atom is 0.343 e. The van der Waals surface area contributed by atoms with Crippen molar-refractivity contribution in [2.45, 2.75) is 6.92 Å². The van der Waals surface area contributed by atoms with Crippen LogP contribution in [0.3, 0.4) is 0 Å². The maximum atomic E-state index is 13.7. The molecule has 0 saturated carbocycles. The van der Waals surface area contributed by atoms with Crippen LogP contribution in [-0.4, -0.2) is 33.2 Å². The van der Waals surface area contributed by atoms with Gasteiger partial charge in [0.2, 0.25) is 0 Å². The highest BCUT2D eigenvalue weighted by molar-refractivity contribution is 6.14. The number of hydrogen-bond donors (Lipinski definition) is 1. The van der Waals surface area contributed by atoms with Crippen LogP contribution < -0.4 is 5.32 Å². The second-order valence-electron chi connectivity index (χ2n) is 7.77. The molecule has 0 aliphatic carbocycles. The van der Waals surface area contributed by atoms with Crippen LogP contribution in [0.4, 0.5) is 5.82 Å². The van der Waals surface area contributed by atoms with Gasteiger partial charge in [0.25, 0.3) is 5.91 Å². The quantitative estimate of drug-likeness (QED) is 0.336. The maximum absolute atomic E-state index is 13.7. The topological polar surface area (TPSA) is 86.1 Å². The van der Waals surface area contributed by atoms with E-state index in [0.717, 1.165) is 5.56 Å². The van der Waals surface area contributed by atoms with Gasteiger partial charge in [-0.25, -0.2) is 14.5 Å². The third-order valence-corrected chi connectivity index (χ3v) is 5.53. The molecule has 2 heterocycles. The summed E-state index contributed by atoms with van der Waals surface area (Å²) in [4.78, 5) is 31.1. The van der Waals surface area contributed by atoms with Crippen LogP contribution in [0, 0.1) is 0 Å². The number of nitrogens with zero attached hydrogens (tertiary/aromatic N) is 3. The van der Waals surface area contributed by atoms with Crippen molar-refractivity contribution in [1.29, 1.82) is 0 Å². The van der Waals surface area contributed by atoms with E-state index in [1.54, 1.807) is 13.0 Å². The summed E-state index contributed by atoms with van der Waals surface area (Å²) in [5.41, 5.74) is 3.57. The van der Waals surface area contributed by atoms with Gasteiger partial charge in [-0.05, 0) is 31.2 Å². The number of pyridine rings is 1. The first-order chi connectivity index (χ1) is 17.2. The lowest BCUT2D eigenvalue weighted by Gasteiger charge is -2.13. The second kappa shape index (κ2) is 9.61. The molecule has 0 atom stereocenters. The predicted molar refractivity (Wildman–Crippen MR) is 135 cm³/mol. The monoisotopic (exact) mass is 462 g/mol. The number of anilines is 1. The number of benzene rings is 3. The molecular formula is C28H22N4O3. The molecule has 0 unspecified atom stereocenters. The summed E-state index contributed by atoms with van der Waals surface area (Å²) in [5.74, 6) is -0.708. The number of fused-ring (bicyclic) bond motifs is 1. The number of esters is 1. The van der Waals surface area contributed by atoms with Gasteiger partial charge in [0.05, 0.1) is 35.3 Å². The number of aromatic nitrogens is 3. The summed E-state index contributed by atoms with van der Waals surface area (Å²) in [7, 11) is 0. The Morgan fingerprint density at radius 2 is 1.57 bits per heavy atom. The molecule has 3 aromatic carbocycles. The van der Waals surface area contributed by atoms with Gasteiger partial charge in [0.1, 0.15) is 5.56 Å². The first-order valence-electron chi connectivity index (χ1n) is 11.2. The zero-order valence-corrected chi connectivity index (χ0v) is 19.0. The van der Waals surface area contributed by atoms with E-state index in [2.05, 4.69) is 10.4 Å². The van der Waals surface area contributed by atoms with E-state index < -0.39 is 5.97 Å². The largest absolute Gasteiger partial charge is 0.462 e. The summed E-state index contributed by atoms with van der Waals surface area (Å²) >= 11 is 0. The molecule has 35 heavy (non-hydrogen) atoms. The highest BCUT2D eigenvalue weighted by atomic mass is 16.5. The summed E-state index contributed by atoms with van der Waals surface area (Å²) in [6, 6.07) is 28.2. The molecule has 0 bridgehead atoms. The highest BCUT2D eigenvalue weighted by Gasteiger charge is 2.23. The summed E-state index contributed by atoms with van der Waals surface area (Å²) in [5, 5.41) is 7.97. The molecule has 172 valence electrons. The van der Waals surface area contributed by atoms with Crippen LogP contribution in [0.15, 0.2) is 97.2 Å². The number of carbonyl (C=O) groups is 2. The van der Waals surface area contributed by atoms with E-state index in [9.17, 15) is 9.59 Å². The molecule has 0 aliphatic rings. The standard InChI is InChI=1S/C28H22N4O3/c1-2-35-28(34)23-18-29-32(20-13-7-4-8-14-20)26(23)31-27(33)22-17-25(19-11-5-3-6-12-19)30-24-16-10-9-15-21(22)24/h3-18H,2H2,1H3,(H,31,33). The van der Waals surface area contributed by atoms with Gasteiger partial charge in [-0.3, -0.25) is 4.79 Å². The lowest BCUT2D eigenvalue weighted by atomic mass is 10.0. The molecule has 7 nitrogen and oxygen atoms in total. The summed E-state index contributed by atoms with van der Waals surface area (Å²) < 4.78 is 6.72. The zero-order valence-electron chi connectivity index (χ0n) is 19.0. The zero-order chi connectivity index (χ0) is 24.2. The molecule has 5 aromatic rings. The molecule has 1 N–H and O–H groups in total. The first kappa shape index (κ1) is 22.0. The lowest BCUT2D eigenvalue weighted by Crippen LogP contribution is -2.18. The fraction of sp³-hybridized carbons (Fsp3) is 0.0714. The molecule has 0 radical (unpaired) electrons. The predicted octanol–water partition coefficient (Wildman–Crippen LogP) is 5.52. The Bertz CT molecular complexity index is 1510. The van der Waals surface area contributed by atoms with Gasteiger partial charge >= 0.3 is 5.97 Å². The van der Waals surface area contributed by atoms with Crippen LogP contribution in [0.2, 0.25) is 0 Å². The number of nitrogens with one attached hydrogen (secondary N) is 1. The van der Waals surface area contributed by atoms with Crippen LogP contribution >= 0.6 is 0 Å². The molecule has 0 saturated heterocycles. The number of para-hydroxylation sites is 2. The Kier molecular flexibility index (Phi) is 6.05. The normalized spacial score (nSPS) is 10.8. The highest BCUT2D eigenvalue weighted by Crippen LogP contribution is 2.27. The van der Waals surface area contributed by atoms with Gasteiger partial charge in [0, 0.05) is 10.9 Å². The van der Waals surface area contributed by atoms with E-state index >= 15 is 0 Å². The number of ether oxygens (including phenoxy) is 1. The third kappa shape index (κ3) is 4.39. The van der Waals surface area contributed by atoms with E-state index in [1.807, 2.05) is 84.9 Å². The number of carbonyl (C=O) groups excluding carboxylic acids is 2. The molecule has 7 heteroatoms. The molecule has 5 rings (SSSR count). The van der Waals surface area contributed by atoms with Crippen molar-refractivity contribution in [2.75, 3.05) is 11.9 Å². The van der Waals surface area contributed by atoms with Crippen LogP contribution in [0.25, 0.3) is 27.8 Å². The van der Waals surface area contributed by atoms with Crippen molar-refractivity contribution in [1.82, 2.24) is 14.8 Å². The number of rotatable bonds is 6. The Morgan fingerprint density at radius 1 is 0.886 bits per heavy atom. The van der Waals surface area contributed by atoms with E-state index in [0.29, 0.717) is 27.8 Å². The van der Waals surface area contributed by atoms with Gasteiger partial charge in [0.15, 0.2) is 5.82 Å². The Balaban J connectivity index is 1.61. The summed E-state index contributed by atoms with van der Waals surface area (Å²) in [6.07, 6.45) is 1.40. The van der Waals surface area contributed by atoms with E-state index in [1.165, 1.54) is 10.9 Å². The molecule has 1 amide bonds. The van der Waals surface area contributed by atoms with Crippen LogP contribution in [-0.2, 0) is 4.74 Å². The Morgan fingerprint density at radius 3 is 2.31 bits per heavy atom. The fourth-order valence-corrected chi connectivity index (χ4v) is 3.89. The van der Waals surface area contributed by atoms with Gasteiger partial charge in [-0.15, -0.1) is 0 Å². The minimum atomic E-state index is -0.561. The Hall–Kier alpha value is -4.78.